The molecule has 100 valence electrons. The van der Waals surface area contributed by atoms with Gasteiger partial charge in [0.05, 0.1) is 18.6 Å². The monoisotopic (exact) mass is 258 g/mol. The number of carbonyl (C=O) groups excluding carboxylic acids is 1. The van der Waals surface area contributed by atoms with E-state index in [2.05, 4.69) is 0 Å². The van der Waals surface area contributed by atoms with Crippen molar-refractivity contribution in [3.05, 3.63) is 35.4 Å². The van der Waals surface area contributed by atoms with Gasteiger partial charge in [-0.05, 0) is 19.4 Å². The summed E-state index contributed by atoms with van der Waals surface area (Å²) < 4.78 is 31.4. The number of benzene rings is 1. The fourth-order valence-corrected chi connectivity index (χ4v) is 1.73. The second-order valence-corrected chi connectivity index (χ2v) is 3.85. The standard InChI is InChI=1S/C13H16F2O3/c1-3-8(13(17)18-4-2)12(16)9-6-5-7-10(14)11(9)15/h5-8,12,16H,3-4H2,1-2H3. The molecule has 0 amide bonds. The molecule has 1 N–H and O–H groups in total. The van der Waals surface area contributed by atoms with E-state index in [1.54, 1.807) is 13.8 Å². The zero-order valence-electron chi connectivity index (χ0n) is 10.3. The van der Waals surface area contributed by atoms with Crippen LogP contribution in [0.1, 0.15) is 31.9 Å². The Balaban J connectivity index is 3.00. The van der Waals surface area contributed by atoms with Crippen molar-refractivity contribution < 1.29 is 23.4 Å². The van der Waals surface area contributed by atoms with Crippen LogP contribution in [0.5, 0.6) is 0 Å². The average Bonchev–Trinajstić information content (AvgIpc) is 2.33. The van der Waals surface area contributed by atoms with Crippen LogP contribution in [0, 0.1) is 17.6 Å². The molecule has 1 aromatic carbocycles. The molecule has 0 spiro atoms. The lowest BCUT2D eigenvalue weighted by Crippen LogP contribution is -2.24. The van der Waals surface area contributed by atoms with E-state index in [1.165, 1.54) is 12.1 Å². The van der Waals surface area contributed by atoms with Crippen molar-refractivity contribution in [3.8, 4) is 0 Å². The number of esters is 1. The van der Waals surface area contributed by atoms with Gasteiger partial charge in [0.15, 0.2) is 11.6 Å². The van der Waals surface area contributed by atoms with Crippen LogP contribution in [0.2, 0.25) is 0 Å². The third-order valence-electron chi connectivity index (χ3n) is 2.71. The van der Waals surface area contributed by atoms with E-state index in [-0.39, 0.29) is 18.6 Å². The molecule has 0 bridgehead atoms. The summed E-state index contributed by atoms with van der Waals surface area (Å²) in [7, 11) is 0. The van der Waals surface area contributed by atoms with E-state index < -0.39 is 29.6 Å². The van der Waals surface area contributed by atoms with Crippen LogP contribution >= 0.6 is 0 Å². The highest BCUT2D eigenvalue weighted by atomic mass is 19.2. The second-order valence-electron chi connectivity index (χ2n) is 3.85. The Morgan fingerprint density at radius 3 is 2.61 bits per heavy atom. The van der Waals surface area contributed by atoms with Crippen molar-refractivity contribution in [2.45, 2.75) is 26.4 Å². The molecule has 3 nitrogen and oxygen atoms in total. The van der Waals surface area contributed by atoms with Crippen LogP contribution in [-0.4, -0.2) is 17.7 Å². The summed E-state index contributed by atoms with van der Waals surface area (Å²) in [6.45, 7) is 3.48. The van der Waals surface area contributed by atoms with Gasteiger partial charge in [-0.1, -0.05) is 19.1 Å². The first-order valence-electron chi connectivity index (χ1n) is 5.81. The Hall–Kier alpha value is -1.49. The highest BCUT2D eigenvalue weighted by Gasteiger charge is 2.30. The summed E-state index contributed by atoms with van der Waals surface area (Å²) in [5, 5.41) is 9.98. The summed E-state index contributed by atoms with van der Waals surface area (Å²) >= 11 is 0. The van der Waals surface area contributed by atoms with Crippen LogP contribution in [0.3, 0.4) is 0 Å². The topological polar surface area (TPSA) is 46.5 Å². The van der Waals surface area contributed by atoms with E-state index in [0.29, 0.717) is 0 Å². The van der Waals surface area contributed by atoms with Gasteiger partial charge < -0.3 is 9.84 Å². The van der Waals surface area contributed by atoms with E-state index in [1.807, 2.05) is 0 Å². The van der Waals surface area contributed by atoms with E-state index in [4.69, 9.17) is 4.74 Å². The Morgan fingerprint density at radius 2 is 2.06 bits per heavy atom. The first-order valence-corrected chi connectivity index (χ1v) is 5.81. The maximum atomic E-state index is 13.5. The molecule has 0 aliphatic rings. The zero-order valence-corrected chi connectivity index (χ0v) is 10.3. The molecule has 0 radical (unpaired) electrons. The van der Waals surface area contributed by atoms with Crippen molar-refractivity contribution >= 4 is 5.97 Å². The van der Waals surface area contributed by atoms with E-state index in [0.717, 1.165) is 6.07 Å². The predicted molar refractivity (Wildman–Crippen MR) is 61.7 cm³/mol. The van der Waals surface area contributed by atoms with Crippen molar-refractivity contribution in [2.75, 3.05) is 6.61 Å². The van der Waals surface area contributed by atoms with Crippen LogP contribution in [0.25, 0.3) is 0 Å². The Morgan fingerprint density at radius 1 is 1.39 bits per heavy atom. The molecule has 0 saturated heterocycles. The largest absolute Gasteiger partial charge is 0.466 e. The highest BCUT2D eigenvalue weighted by Crippen LogP contribution is 2.28. The molecule has 1 aromatic rings. The van der Waals surface area contributed by atoms with Crippen LogP contribution in [0.4, 0.5) is 8.78 Å². The minimum atomic E-state index is -1.41. The van der Waals surface area contributed by atoms with Gasteiger partial charge in [-0.2, -0.15) is 0 Å². The normalized spacial score (nSPS) is 14.1. The molecular weight excluding hydrogens is 242 g/mol. The fraction of sp³-hybridized carbons (Fsp3) is 0.462. The summed E-state index contributed by atoms with van der Waals surface area (Å²) in [6.07, 6.45) is -1.14. The van der Waals surface area contributed by atoms with Gasteiger partial charge in [0.2, 0.25) is 0 Å². The fourth-order valence-electron chi connectivity index (χ4n) is 1.73. The summed E-state index contributed by atoms with van der Waals surface area (Å²) in [6, 6.07) is 3.50. The molecular formula is C13H16F2O3. The molecule has 0 aliphatic carbocycles. The highest BCUT2D eigenvalue weighted by molar-refractivity contribution is 5.73. The molecule has 1 rings (SSSR count). The Labute approximate surface area is 104 Å². The quantitative estimate of drug-likeness (QED) is 0.826. The number of ether oxygens (including phenoxy) is 1. The third-order valence-corrected chi connectivity index (χ3v) is 2.71. The maximum Gasteiger partial charge on any atom is 0.311 e. The molecule has 2 unspecified atom stereocenters. The molecule has 0 saturated carbocycles. The Bertz CT molecular complexity index is 421. The lowest BCUT2D eigenvalue weighted by Gasteiger charge is -2.20. The number of hydrogen-bond donors (Lipinski definition) is 1. The van der Waals surface area contributed by atoms with Gasteiger partial charge in [-0.15, -0.1) is 0 Å². The molecule has 0 heterocycles. The average molecular weight is 258 g/mol. The van der Waals surface area contributed by atoms with Gasteiger partial charge in [0, 0.05) is 5.56 Å². The van der Waals surface area contributed by atoms with Crippen molar-refractivity contribution in [1.82, 2.24) is 0 Å². The number of aliphatic hydroxyl groups is 1. The predicted octanol–water partition coefficient (Wildman–Crippen LogP) is 2.59. The van der Waals surface area contributed by atoms with Gasteiger partial charge in [-0.25, -0.2) is 8.78 Å². The van der Waals surface area contributed by atoms with Gasteiger partial charge in [-0.3, -0.25) is 4.79 Å². The summed E-state index contributed by atoms with van der Waals surface area (Å²) in [5.74, 6) is -3.70. The van der Waals surface area contributed by atoms with Gasteiger partial charge >= 0.3 is 5.97 Å². The number of aliphatic hydroxyl groups excluding tert-OH is 1. The molecule has 0 aromatic heterocycles. The number of rotatable bonds is 5. The van der Waals surface area contributed by atoms with Crippen molar-refractivity contribution in [2.24, 2.45) is 5.92 Å². The minimum Gasteiger partial charge on any atom is -0.466 e. The lowest BCUT2D eigenvalue weighted by atomic mass is 9.93. The number of halogens is 2. The van der Waals surface area contributed by atoms with Crippen LogP contribution in [0.15, 0.2) is 18.2 Å². The molecule has 5 heteroatoms. The first kappa shape index (κ1) is 14.6. The maximum absolute atomic E-state index is 13.5. The van der Waals surface area contributed by atoms with Gasteiger partial charge in [0.1, 0.15) is 0 Å². The van der Waals surface area contributed by atoms with Crippen LogP contribution < -0.4 is 0 Å². The first-order chi connectivity index (χ1) is 8.52. The molecule has 2 atom stereocenters. The molecule has 0 fully saturated rings. The summed E-state index contributed by atoms with van der Waals surface area (Å²) in [5.41, 5.74) is -0.227. The molecule has 0 aliphatic heterocycles. The zero-order chi connectivity index (χ0) is 13.7. The number of carbonyl (C=O) groups is 1. The van der Waals surface area contributed by atoms with E-state index in [9.17, 15) is 18.7 Å². The smallest absolute Gasteiger partial charge is 0.311 e. The van der Waals surface area contributed by atoms with Crippen molar-refractivity contribution in [3.63, 3.8) is 0 Å². The number of hydrogen-bond acceptors (Lipinski definition) is 3. The van der Waals surface area contributed by atoms with Crippen molar-refractivity contribution in [1.29, 1.82) is 0 Å². The van der Waals surface area contributed by atoms with Gasteiger partial charge in [0.25, 0.3) is 0 Å². The minimum absolute atomic E-state index is 0.174. The summed E-state index contributed by atoms with van der Waals surface area (Å²) in [4.78, 5) is 11.6. The molecule has 18 heavy (non-hydrogen) atoms. The Kier molecular flexibility index (Phi) is 5.22. The third kappa shape index (κ3) is 3.04. The second kappa shape index (κ2) is 6.44. The van der Waals surface area contributed by atoms with Crippen LogP contribution in [-0.2, 0) is 9.53 Å². The lowest BCUT2D eigenvalue weighted by molar-refractivity contribution is -0.152. The SMILES string of the molecule is CCOC(=O)C(CC)C(O)c1cccc(F)c1F. The van der Waals surface area contributed by atoms with E-state index >= 15 is 0 Å².